The van der Waals surface area contributed by atoms with E-state index in [1.54, 1.807) is 16.0 Å². The van der Waals surface area contributed by atoms with E-state index in [-0.39, 0.29) is 6.04 Å². The van der Waals surface area contributed by atoms with Crippen LogP contribution in [-0.2, 0) is 13.5 Å². The van der Waals surface area contributed by atoms with Crippen LogP contribution in [0.4, 0.5) is 0 Å². The first-order chi connectivity index (χ1) is 7.69. The van der Waals surface area contributed by atoms with Crippen molar-refractivity contribution < 1.29 is 0 Å². The second kappa shape index (κ2) is 4.69. The van der Waals surface area contributed by atoms with Gasteiger partial charge in [-0.05, 0) is 6.92 Å². The summed E-state index contributed by atoms with van der Waals surface area (Å²) in [7, 11) is 1.85. The predicted octanol–water partition coefficient (Wildman–Crippen LogP) is 0.327. The Balaban J connectivity index is 2.12. The molecule has 0 aliphatic heterocycles. The summed E-state index contributed by atoms with van der Waals surface area (Å²) < 4.78 is 1.68. The van der Waals surface area contributed by atoms with Crippen molar-refractivity contribution in [3.63, 3.8) is 0 Å². The van der Waals surface area contributed by atoms with Crippen molar-refractivity contribution in [1.82, 2.24) is 25.4 Å². The van der Waals surface area contributed by atoms with Gasteiger partial charge in [-0.2, -0.15) is 0 Å². The fraction of sp³-hybridized carbons (Fsp3) is 0.444. The van der Waals surface area contributed by atoms with Crippen molar-refractivity contribution in [3.8, 4) is 0 Å². The monoisotopic (exact) mass is 238 g/mol. The summed E-state index contributed by atoms with van der Waals surface area (Å²) >= 11 is 1.64. The predicted molar refractivity (Wildman–Crippen MR) is 61.6 cm³/mol. The SMILES string of the molecule is Cc1ncc(C(Cc2cn(C)nn2)NN)s1. The van der Waals surface area contributed by atoms with Gasteiger partial charge in [0.1, 0.15) is 0 Å². The molecule has 0 saturated carbocycles. The molecule has 1 unspecified atom stereocenters. The Morgan fingerprint density at radius 3 is 2.94 bits per heavy atom. The van der Waals surface area contributed by atoms with Gasteiger partial charge in [0.2, 0.25) is 0 Å². The third-order valence-electron chi connectivity index (χ3n) is 2.25. The van der Waals surface area contributed by atoms with Crippen molar-refractivity contribution in [2.24, 2.45) is 12.9 Å². The number of hydrazine groups is 1. The lowest BCUT2D eigenvalue weighted by atomic mass is 10.1. The number of nitrogens with one attached hydrogen (secondary N) is 1. The lowest BCUT2D eigenvalue weighted by molar-refractivity contribution is 0.553. The van der Waals surface area contributed by atoms with Gasteiger partial charge in [-0.3, -0.25) is 16.0 Å². The largest absolute Gasteiger partial charge is 0.271 e. The summed E-state index contributed by atoms with van der Waals surface area (Å²) in [4.78, 5) is 5.33. The van der Waals surface area contributed by atoms with E-state index in [0.29, 0.717) is 6.42 Å². The fourth-order valence-corrected chi connectivity index (χ4v) is 2.32. The van der Waals surface area contributed by atoms with Crippen LogP contribution in [0.5, 0.6) is 0 Å². The Bertz CT molecular complexity index is 462. The zero-order valence-electron chi connectivity index (χ0n) is 9.21. The van der Waals surface area contributed by atoms with Gasteiger partial charge in [0.05, 0.1) is 16.7 Å². The summed E-state index contributed by atoms with van der Waals surface area (Å²) in [5.74, 6) is 5.54. The minimum atomic E-state index is 0.0444. The Morgan fingerprint density at radius 2 is 2.44 bits per heavy atom. The molecule has 16 heavy (non-hydrogen) atoms. The third kappa shape index (κ3) is 2.43. The van der Waals surface area contributed by atoms with E-state index < -0.39 is 0 Å². The lowest BCUT2D eigenvalue weighted by Crippen LogP contribution is -2.29. The summed E-state index contributed by atoms with van der Waals surface area (Å²) in [6.45, 7) is 1.98. The number of nitrogens with two attached hydrogens (primary N) is 1. The first kappa shape index (κ1) is 11.2. The van der Waals surface area contributed by atoms with Crippen LogP contribution in [0.2, 0.25) is 0 Å². The molecule has 0 saturated heterocycles. The molecule has 2 aromatic rings. The highest BCUT2D eigenvalue weighted by Crippen LogP contribution is 2.22. The van der Waals surface area contributed by atoms with Gasteiger partial charge in [0, 0.05) is 30.7 Å². The number of aryl methyl sites for hydroxylation is 2. The highest BCUT2D eigenvalue weighted by atomic mass is 32.1. The van der Waals surface area contributed by atoms with E-state index in [1.165, 1.54) is 0 Å². The van der Waals surface area contributed by atoms with E-state index in [1.807, 2.05) is 26.4 Å². The quantitative estimate of drug-likeness (QED) is 0.592. The zero-order valence-corrected chi connectivity index (χ0v) is 10.0. The molecule has 86 valence electrons. The molecule has 0 aromatic carbocycles. The highest BCUT2D eigenvalue weighted by molar-refractivity contribution is 7.11. The molecule has 3 N–H and O–H groups in total. The van der Waals surface area contributed by atoms with Crippen LogP contribution in [0.3, 0.4) is 0 Å². The number of aromatic nitrogens is 4. The van der Waals surface area contributed by atoms with Gasteiger partial charge >= 0.3 is 0 Å². The first-order valence-electron chi connectivity index (χ1n) is 4.92. The van der Waals surface area contributed by atoms with E-state index in [9.17, 15) is 0 Å². The number of rotatable bonds is 4. The smallest absolute Gasteiger partial charge is 0.0897 e. The lowest BCUT2D eigenvalue weighted by Gasteiger charge is -2.11. The van der Waals surface area contributed by atoms with Crippen LogP contribution >= 0.6 is 11.3 Å². The zero-order chi connectivity index (χ0) is 11.5. The van der Waals surface area contributed by atoms with Crippen molar-refractivity contribution in [3.05, 3.63) is 28.0 Å². The Morgan fingerprint density at radius 1 is 1.62 bits per heavy atom. The van der Waals surface area contributed by atoms with Crippen LogP contribution < -0.4 is 11.3 Å². The molecule has 2 rings (SSSR count). The maximum absolute atomic E-state index is 5.54. The molecule has 0 amide bonds. The molecule has 0 bridgehead atoms. The maximum Gasteiger partial charge on any atom is 0.0897 e. The Kier molecular flexibility index (Phi) is 3.28. The molecule has 2 heterocycles. The Hall–Kier alpha value is -1.31. The van der Waals surface area contributed by atoms with Gasteiger partial charge in [0.25, 0.3) is 0 Å². The molecule has 2 aromatic heterocycles. The molecule has 0 aliphatic rings. The van der Waals surface area contributed by atoms with Crippen molar-refractivity contribution in [2.75, 3.05) is 0 Å². The summed E-state index contributed by atoms with van der Waals surface area (Å²) in [6.07, 6.45) is 4.45. The molecule has 7 heteroatoms. The molecule has 1 atom stereocenters. The summed E-state index contributed by atoms with van der Waals surface area (Å²) in [6, 6.07) is 0.0444. The summed E-state index contributed by atoms with van der Waals surface area (Å²) in [5.41, 5.74) is 3.70. The van der Waals surface area contributed by atoms with Crippen molar-refractivity contribution in [1.29, 1.82) is 0 Å². The van der Waals surface area contributed by atoms with E-state index >= 15 is 0 Å². The van der Waals surface area contributed by atoms with Gasteiger partial charge in [-0.25, -0.2) is 4.98 Å². The Labute approximate surface area is 97.5 Å². The van der Waals surface area contributed by atoms with Crippen molar-refractivity contribution in [2.45, 2.75) is 19.4 Å². The van der Waals surface area contributed by atoms with Crippen LogP contribution in [0.1, 0.15) is 21.6 Å². The van der Waals surface area contributed by atoms with Crippen LogP contribution in [0.25, 0.3) is 0 Å². The highest BCUT2D eigenvalue weighted by Gasteiger charge is 2.14. The van der Waals surface area contributed by atoms with Crippen LogP contribution in [0, 0.1) is 6.92 Å². The minimum absolute atomic E-state index is 0.0444. The van der Waals surface area contributed by atoms with Crippen LogP contribution in [-0.4, -0.2) is 20.0 Å². The number of thiazole rings is 1. The number of hydrogen-bond donors (Lipinski definition) is 2. The molecule has 0 radical (unpaired) electrons. The number of hydrogen-bond acceptors (Lipinski definition) is 6. The second-order valence-electron chi connectivity index (χ2n) is 3.59. The number of nitrogens with zero attached hydrogens (tertiary/aromatic N) is 4. The maximum atomic E-state index is 5.54. The van der Waals surface area contributed by atoms with E-state index in [0.717, 1.165) is 15.6 Å². The molecular weight excluding hydrogens is 224 g/mol. The summed E-state index contributed by atoms with van der Waals surface area (Å²) in [5, 5.41) is 8.96. The first-order valence-corrected chi connectivity index (χ1v) is 5.74. The van der Waals surface area contributed by atoms with Gasteiger partial charge in [0.15, 0.2) is 0 Å². The van der Waals surface area contributed by atoms with Crippen LogP contribution in [0.15, 0.2) is 12.4 Å². The molecule has 6 nitrogen and oxygen atoms in total. The van der Waals surface area contributed by atoms with E-state index in [4.69, 9.17) is 5.84 Å². The molecule has 0 fully saturated rings. The third-order valence-corrected chi connectivity index (χ3v) is 3.27. The molecule has 0 spiro atoms. The van der Waals surface area contributed by atoms with Gasteiger partial charge in [-0.1, -0.05) is 5.21 Å². The topological polar surface area (TPSA) is 81.7 Å². The minimum Gasteiger partial charge on any atom is -0.271 e. The molecular formula is C9H14N6S. The standard InChI is InChI=1S/C9H14N6S/c1-6-11-4-9(16-6)8(12-10)3-7-5-15(2)14-13-7/h4-5,8,12H,3,10H2,1-2H3. The average molecular weight is 238 g/mol. The second-order valence-corrected chi connectivity index (χ2v) is 4.85. The van der Waals surface area contributed by atoms with E-state index in [2.05, 4.69) is 20.7 Å². The normalized spacial score (nSPS) is 12.9. The van der Waals surface area contributed by atoms with Gasteiger partial charge in [-0.15, -0.1) is 16.4 Å². The average Bonchev–Trinajstić information content (AvgIpc) is 2.84. The van der Waals surface area contributed by atoms with Gasteiger partial charge < -0.3 is 0 Å². The fourth-order valence-electron chi connectivity index (χ4n) is 1.48. The van der Waals surface area contributed by atoms with Crippen molar-refractivity contribution >= 4 is 11.3 Å². The molecule has 0 aliphatic carbocycles.